The van der Waals surface area contributed by atoms with Gasteiger partial charge in [-0.1, -0.05) is 24.3 Å². The molecule has 0 aliphatic carbocycles. The van der Waals surface area contributed by atoms with Crippen LogP contribution in [0.25, 0.3) is 0 Å². The van der Waals surface area contributed by atoms with E-state index in [4.69, 9.17) is 13.7 Å². The molecule has 0 fully saturated rings. The number of Topliss-reactive ketones (excluding diaryl/α,β-unsaturated/α-hetero) is 1. The minimum Gasteiger partial charge on any atom is -0.493 e. The Kier molecular flexibility index (Phi) is 8.02. The van der Waals surface area contributed by atoms with E-state index in [0.717, 1.165) is 23.1 Å². The van der Waals surface area contributed by atoms with Crippen molar-refractivity contribution in [2.24, 2.45) is 0 Å². The zero-order valence-electron chi connectivity index (χ0n) is 16.4. The minimum atomic E-state index is -3.51. The summed E-state index contributed by atoms with van der Waals surface area (Å²) >= 11 is 0. The van der Waals surface area contributed by atoms with Crippen molar-refractivity contribution in [2.45, 2.75) is 32.8 Å². The molecule has 0 bridgehead atoms. The molecule has 0 N–H and O–H groups in total. The van der Waals surface area contributed by atoms with Crippen molar-refractivity contribution in [2.75, 3.05) is 19.5 Å². The SMILES string of the molecule is CCOC(Cc1ccc(OCCc2ccc(OS(C)(=O)=O)cc2)cc1)C(C)=O. The standard InChI is InChI=1S/C21H26O6S/c1-4-25-21(16(2)22)15-18-7-9-19(10-8-18)26-14-13-17-5-11-20(12-6-17)27-28(3,23)24/h5-12,21H,4,13-15H2,1-3H3. The summed E-state index contributed by atoms with van der Waals surface area (Å²) in [6.45, 7) is 4.41. The van der Waals surface area contributed by atoms with Crippen LogP contribution in [0.4, 0.5) is 0 Å². The Balaban J connectivity index is 1.82. The number of ether oxygens (including phenoxy) is 2. The molecule has 0 aromatic heterocycles. The van der Waals surface area contributed by atoms with Crippen molar-refractivity contribution in [3.63, 3.8) is 0 Å². The van der Waals surface area contributed by atoms with E-state index in [1.807, 2.05) is 43.3 Å². The fourth-order valence-corrected chi connectivity index (χ4v) is 3.09. The molecular weight excluding hydrogens is 380 g/mol. The molecule has 0 amide bonds. The van der Waals surface area contributed by atoms with Gasteiger partial charge in [-0.05, 0) is 49.2 Å². The molecule has 0 heterocycles. The summed E-state index contributed by atoms with van der Waals surface area (Å²) in [5, 5.41) is 0. The van der Waals surface area contributed by atoms with E-state index >= 15 is 0 Å². The third-order valence-electron chi connectivity index (χ3n) is 4.00. The van der Waals surface area contributed by atoms with Crippen LogP contribution in [-0.4, -0.2) is 39.8 Å². The van der Waals surface area contributed by atoms with Gasteiger partial charge in [0, 0.05) is 19.4 Å². The van der Waals surface area contributed by atoms with Crippen LogP contribution in [0.15, 0.2) is 48.5 Å². The number of rotatable bonds is 11. The first-order valence-corrected chi connectivity index (χ1v) is 10.9. The first kappa shape index (κ1) is 21.9. The zero-order chi connectivity index (χ0) is 20.6. The fraction of sp³-hybridized carbons (Fsp3) is 0.381. The number of benzene rings is 2. The molecule has 0 aliphatic rings. The second-order valence-electron chi connectivity index (χ2n) is 6.43. The lowest BCUT2D eigenvalue weighted by atomic mass is 10.1. The number of ketones is 1. The topological polar surface area (TPSA) is 78.9 Å². The van der Waals surface area contributed by atoms with E-state index in [1.165, 1.54) is 6.92 Å². The van der Waals surface area contributed by atoms with Crippen molar-refractivity contribution in [1.29, 1.82) is 0 Å². The normalized spacial score (nSPS) is 12.4. The quantitative estimate of drug-likeness (QED) is 0.533. The van der Waals surface area contributed by atoms with Crippen LogP contribution in [-0.2, 0) is 32.5 Å². The largest absolute Gasteiger partial charge is 0.493 e. The highest BCUT2D eigenvalue weighted by molar-refractivity contribution is 7.86. The van der Waals surface area contributed by atoms with Crippen LogP contribution >= 0.6 is 0 Å². The minimum absolute atomic E-state index is 0.0233. The maximum Gasteiger partial charge on any atom is 0.306 e. The predicted molar refractivity (Wildman–Crippen MR) is 107 cm³/mol. The van der Waals surface area contributed by atoms with Gasteiger partial charge < -0.3 is 13.7 Å². The van der Waals surface area contributed by atoms with E-state index in [0.29, 0.717) is 31.8 Å². The Labute approximate surface area is 166 Å². The summed E-state index contributed by atoms with van der Waals surface area (Å²) in [5.41, 5.74) is 2.03. The molecule has 28 heavy (non-hydrogen) atoms. The van der Waals surface area contributed by atoms with Gasteiger partial charge in [-0.25, -0.2) is 0 Å². The maximum atomic E-state index is 11.6. The number of carbonyl (C=O) groups excluding carboxylic acids is 1. The first-order chi connectivity index (χ1) is 13.3. The van der Waals surface area contributed by atoms with E-state index in [9.17, 15) is 13.2 Å². The van der Waals surface area contributed by atoms with Gasteiger partial charge in [0.1, 0.15) is 17.6 Å². The average Bonchev–Trinajstić information content (AvgIpc) is 2.63. The van der Waals surface area contributed by atoms with Gasteiger partial charge in [0.05, 0.1) is 12.9 Å². The maximum absolute atomic E-state index is 11.6. The smallest absolute Gasteiger partial charge is 0.306 e. The zero-order valence-corrected chi connectivity index (χ0v) is 17.2. The predicted octanol–water partition coefficient (Wildman–Crippen LogP) is 3.18. The van der Waals surface area contributed by atoms with Gasteiger partial charge in [-0.15, -0.1) is 0 Å². The van der Waals surface area contributed by atoms with Crippen LogP contribution in [0, 0.1) is 0 Å². The van der Waals surface area contributed by atoms with Gasteiger partial charge in [-0.2, -0.15) is 8.42 Å². The number of hydrogen-bond donors (Lipinski definition) is 0. The molecule has 2 rings (SSSR count). The number of hydrogen-bond acceptors (Lipinski definition) is 6. The lowest BCUT2D eigenvalue weighted by molar-refractivity contribution is -0.127. The summed E-state index contributed by atoms with van der Waals surface area (Å²) in [6, 6.07) is 14.5. The summed E-state index contributed by atoms with van der Waals surface area (Å²) in [5.74, 6) is 1.06. The van der Waals surface area contributed by atoms with E-state index in [-0.39, 0.29) is 5.78 Å². The van der Waals surface area contributed by atoms with Crippen molar-refractivity contribution < 1.29 is 26.9 Å². The Bertz CT molecular complexity index is 857. The highest BCUT2D eigenvalue weighted by Gasteiger charge is 2.14. The van der Waals surface area contributed by atoms with Crippen LogP contribution in [0.1, 0.15) is 25.0 Å². The van der Waals surface area contributed by atoms with E-state index < -0.39 is 16.2 Å². The van der Waals surface area contributed by atoms with Crippen LogP contribution in [0.5, 0.6) is 11.5 Å². The highest BCUT2D eigenvalue weighted by Crippen LogP contribution is 2.17. The third kappa shape index (κ3) is 7.70. The molecule has 6 nitrogen and oxygen atoms in total. The molecule has 0 radical (unpaired) electrons. The Hall–Kier alpha value is -2.38. The van der Waals surface area contributed by atoms with E-state index in [1.54, 1.807) is 12.1 Å². The van der Waals surface area contributed by atoms with Gasteiger partial charge in [0.25, 0.3) is 0 Å². The molecule has 0 aliphatic heterocycles. The van der Waals surface area contributed by atoms with Crippen molar-refractivity contribution in [3.05, 3.63) is 59.7 Å². The summed E-state index contributed by atoms with van der Waals surface area (Å²) in [7, 11) is -3.51. The fourth-order valence-electron chi connectivity index (χ4n) is 2.63. The molecule has 7 heteroatoms. The number of carbonyl (C=O) groups is 1. The second-order valence-corrected chi connectivity index (χ2v) is 8.01. The second kappa shape index (κ2) is 10.2. The van der Waals surface area contributed by atoms with Crippen LogP contribution < -0.4 is 8.92 Å². The van der Waals surface area contributed by atoms with Crippen molar-refractivity contribution >= 4 is 15.9 Å². The first-order valence-electron chi connectivity index (χ1n) is 9.09. The van der Waals surface area contributed by atoms with Crippen LogP contribution in [0.2, 0.25) is 0 Å². The molecule has 1 unspecified atom stereocenters. The Morgan fingerprint density at radius 1 is 0.964 bits per heavy atom. The monoisotopic (exact) mass is 406 g/mol. The van der Waals surface area contributed by atoms with Crippen molar-refractivity contribution in [1.82, 2.24) is 0 Å². The van der Waals surface area contributed by atoms with Crippen LogP contribution in [0.3, 0.4) is 0 Å². The molecule has 0 spiro atoms. The Morgan fingerprint density at radius 2 is 1.54 bits per heavy atom. The molecule has 0 saturated heterocycles. The lowest BCUT2D eigenvalue weighted by Gasteiger charge is -2.14. The Morgan fingerprint density at radius 3 is 2.07 bits per heavy atom. The highest BCUT2D eigenvalue weighted by atomic mass is 32.2. The molecule has 2 aromatic rings. The van der Waals surface area contributed by atoms with E-state index in [2.05, 4.69) is 0 Å². The molecular formula is C21H26O6S. The molecule has 152 valence electrons. The average molecular weight is 407 g/mol. The van der Waals surface area contributed by atoms with Gasteiger partial charge in [0.2, 0.25) is 0 Å². The third-order valence-corrected chi connectivity index (χ3v) is 4.49. The lowest BCUT2D eigenvalue weighted by Crippen LogP contribution is -2.24. The van der Waals surface area contributed by atoms with Gasteiger partial charge in [0.15, 0.2) is 5.78 Å². The summed E-state index contributed by atoms with van der Waals surface area (Å²) < 4.78 is 38.2. The summed E-state index contributed by atoms with van der Waals surface area (Å²) in [6.07, 6.45) is 1.83. The van der Waals surface area contributed by atoms with Gasteiger partial charge in [-0.3, -0.25) is 4.79 Å². The van der Waals surface area contributed by atoms with Crippen molar-refractivity contribution in [3.8, 4) is 11.5 Å². The molecule has 1 atom stereocenters. The summed E-state index contributed by atoms with van der Waals surface area (Å²) in [4.78, 5) is 11.6. The molecule has 0 saturated carbocycles. The van der Waals surface area contributed by atoms with Gasteiger partial charge >= 0.3 is 10.1 Å². The molecule has 2 aromatic carbocycles.